The minimum absolute atomic E-state index is 0.276. The van der Waals surface area contributed by atoms with Crippen LogP contribution in [0, 0.1) is 11.3 Å². The molecule has 30 heavy (non-hydrogen) atoms. The third kappa shape index (κ3) is 2.70. The fourth-order valence-electron chi connectivity index (χ4n) is 3.95. The summed E-state index contributed by atoms with van der Waals surface area (Å²) < 4.78 is 0. The van der Waals surface area contributed by atoms with Crippen LogP contribution >= 0.6 is 0 Å². The van der Waals surface area contributed by atoms with Gasteiger partial charge in [0, 0.05) is 34.0 Å². The van der Waals surface area contributed by atoms with Crippen LogP contribution in [0.4, 0.5) is 0 Å². The minimum atomic E-state index is -1.12. The third-order valence-electron chi connectivity index (χ3n) is 5.39. The largest absolute Gasteiger partial charge is 0.369 e. The Hall–Kier alpha value is -4.15. The van der Waals surface area contributed by atoms with E-state index in [4.69, 9.17) is 5.26 Å². The van der Waals surface area contributed by atoms with Crippen LogP contribution < -0.4 is 10.6 Å². The van der Waals surface area contributed by atoms with E-state index < -0.39 is 12.1 Å². The van der Waals surface area contributed by atoms with Crippen molar-refractivity contribution in [2.75, 3.05) is 0 Å². The molecule has 5 rings (SSSR count). The van der Waals surface area contributed by atoms with Crippen LogP contribution in [0.2, 0.25) is 0 Å². The standard InChI is InChI=1S/C23H16N4O3/c24-10-12-5-7-13(8-6-12)11-25-21(28)16-9-15-19(23(30)27-22(15)29)18-14-3-1-2-4-17(14)26-20(16)18/h1-9,23,26,30H,11H2,(H,25,28)(H,27,29). The number of nitrogens with zero attached hydrogens (tertiary/aromatic N) is 1. The number of aliphatic hydroxyl groups excluding tert-OH is 1. The predicted molar refractivity (Wildman–Crippen MR) is 111 cm³/mol. The van der Waals surface area contributed by atoms with Gasteiger partial charge in [-0.25, -0.2) is 0 Å². The Bertz CT molecular complexity index is 1380. The normalized spacial score (nSPS) is 15.1. The van der Waals surface area contributed by atoms with Crippen LogP contribution in [0.5, 0.6) is 0 Å². The number of aromatic amines is 1. The van der Waals surface area contributed by atoms with Gasteiger partial charge in [-0.1, -0.05) is 30.3 Å². The fraction of sp³-hybridized carbons (Fsp3) is 0.0870. The summed E-state index contributed by atoms with van der Waals surface area (Å²) in [5.74, 6) is -0.751. The molecule has 4 aromatic rings. The molecule has 0 aliphatic carbocycles. The number of fused-ring (bicyclic) bond motifs is 5. The number of hydrogen-bond acceptors (Lipinski definition) is 4. The number of hydrogen-bond donors (Lipinski definition) is 4. The lowest BCUT2D eigenvalue weighted by molar-refractivity contribution is 0.0851. The molecule has 1 atom stereocenters. The van der Waals surface area contributed by atoms with Crippen molar-refractivity contribution >= 4 is 33.6 Å². The highest BCUT2D eigenvalue weighted by atomic mass is 16.3. The van der Waals surface area contributed by atoms with Gasteiger partial charge in [-0.05, 0) is 29.8 Å². The Morgan fingerprint density at radius 1 is 1.17 bits per heavy atom. The molecule has 0 saturated carbocycles. The van der Waals surface area contributed by atoms with Gasteiger partial charge >= 0.3 is 0 Å². The van der Waals surface area contributed by atoms with Crippen molar-refractivity contribution in [3.63, 3.8) is 0 Å². The van der Waals surface area contributed by atoms with Crippen molar-refractivity contribution in [3.05, 3.63) is 82.4 Å². The number of para-hydroxylation sites is 1. The summed E-state index contributed by atoms with van der Waals surface area (Å²) in [6.45, 7) is 0.276. The summed E-state index contributed by atoms with van der Waals surface area (Å²) in [6, 6.07) is 18.1. The second-order valence-corrected chi connectivity index (χ2v) is 7.17. The van der Waals surface area contributed by atoms with Crippen LogP contribution in [0.15, 0.2) is 54.6 Å². The lowest BCUT2D eigenvalue weighted by atomic mass is 9.97. The van der Waals surface area contributed by atoms with E-state index in [0.717, 1.165) is 16.5 Å². The Kier molecular flexibility index (Phi) is 4.02. The van der Waals surface area contributed by atoms with Crippen molar-refractivity contribution in [1.29, 1.82) is 5.26 Å². The molecule has 1 unspecified atom stereocenters. The number of nitriles is 1. The molecule has 1 aliphatic heterocycles. The fourth-order valence-corrected chi connectivity index (χ4v) is 3.95. The van der Waals surface area contributed by atoms with Gasteiger partial charge in [0.15, 0.2) is 6.23 Å². The van der Waals surface area contributed by atoms with E-state index in [9.17, 15) is 14.7 Å². The van der Waals surface area contributed by atoms with Crippen molar-refractivity contribution in [2.24, 2.45) is 0 Å². The number of aliphatic hydroxyl groups is 1. The van der Waals surface area contributed by atoms with Crippen LogP contribution in [0.3, 0.4) is 0 Å². The van der Waals surface area contributed by atoms with Gasteiger partial charge in [0.1, 0.15) is 0 Å². The quantitative estimate of drug-likeness (QED) is 0.426. The van der Waals surface area contributed by atoms with Crippen LogP contribution in [-0.2, 0) is 6.54 Å². The molecule has 7 nitrogen and oxygen atoms in total. The van der Waals surface area contributed by atoms with E-state index in [1.54, 1.807) is 24.3 Å². The smallest absolute Gasteiger partial charge is 0.254 e. The van der Waals surface area contributed by atoms with Gasteiger partial charge in [0.25, 0.3) is 11.8 Å². The lowest BCUT2D eigenvalue weighted by Gasteiger charge is -2.10. The first-order chi connectivity index (χ1) is 14.6. The van der Waals surface area contributed by atoms with E-state index in [1.807, 2.05) is 24.3 Å². The Labute approximate surface area is 170 Å². The Morgan fingerprint density at radius 3 is 2.70 bits per heavy atom. The average Bonchev–Trinajstić information content (AvgIpc) is 3.28. The zero-order chi connectivity index (χ0) is 20.8. The molecule has 1 aliphatic rings. The molecule has 7 heteroatoms. The molecule has 0 fully saturated rings. The van der Waals surface area contributed by atoms with Crippen molar-refractivity contribution in [3.8, 4) is 6.07 Å². The first-order valence-electron chi connectivity index (χ1n) is 9.40. The average molecular weight is 396 g/mol. The second-order valence-electron chi connectivity index (χ2n) is 7.17. The summed E-state index contributed by atoms with van der Waals surface area (Å²) in [5.41, 5.74) is 3.89. The van der Waals surface area contributed by atoms with Crippen LogP contribution in [-0.4, -0.2) is 21.9 Å². The second kappa shape index (κ2) is 6.72. The topological polar surface area (TPSA) is 118 Å². The highest BCUT2D eigenvalue weighted by molar-refractivity contribution is 6.20. The summed E-state index contributed by atoms with van der Waals surface area (Å²) >= 11 is 0. The molecule has 3 aromatic carbocycles. The van der Waals surface area contributed by atoms with E-state index in [1.165, 1.54) is 6.07 Å². The molecule has 0 bridgehead atoms. The van der Waals surface area contributed by atoms with E-state index in [-0.39, 0.29) is 12.5 Å². The molecule has 0 radical (unpaired) electrons. The maximum Gasteiger partial charge on any atom is 0.254 e. The summed E-state index contributed by atoms with van der Waals surface area (Å²) in [5, 5.41) is 26.2. The van der Waals surface area contributed by atoms with Crippen molar-refractivity contribution in [1.82, 2.24) is 15.6 Å². The number of H-pyrrole nitrogens is 1. The van der Waals surface area contributed by atoms with Gasteiger partial charge in [0.05, 0.1) is 22.7 Å². The predicted octanol–water partition coefficient (Wildman–Crippen LogP) is 2.86. The maximum absolute atomic E-state index is 13.0. The van der Waals surface area contributed by atoms with Crippen LogP contribution in [0.25, 0.3) is 21.8 Å². The number of rotatable bonds is 3. The highest BCUT2D eigenvalue weighted by Crippen LogP contribution is 2.38. The zero-order valence-electron chi connectivity index (χ0n) is 15.7. The minimum Gasteiger partial charge on any atom is -0.369 e. The molecule has 1 aromatic heterocycles. The van der Waals surface area contributed by atoms with Gasteiger partial charge in [-0.3, -0.25) is 9.59 Å². The Balaban J connectivity index is 1.59. The number of nitrogens with one attached hydrogen (secondary N) is 3. The molecule has 0 spiro atoms. The molecular formula is C23H16N4O3. The molecule has 0 saturated heterocycles. The van der Waals surface area contributed by atoms with Crippen molar-refractivity contribution in [2.45, 2.75) is 12.8 Å². The molecule has 4 N–H and O–H groups in total. The molecule has 2 heterocycles. The summed E-state index contributed by atoms with van der Waals surface area (Å²) in [7, 11) is 0. The number of carbonyl (C=O) groups excluding carboxylic acids is 2. The first-order valence-corrected chi connectivity index (χ1v) is 9.40. The SMILES string of the molecule is N#Cc1ccc(CNC(=O)c2cc3c(c4c2[nH]c2ccccc24)C(O)NC3=O)cc1. The Morgan fingerprint density at radius 2 is 1.93 bits per heavy atom. The van der Waals surface area contributed by atoms with Gasteiger partial charge in [-0.2, -0.15) is 5.26 Å². The van der Waals surface area contributed by atoms with Crippen molar-refractivity contribution < 1.29 is 14.7 Å². The number of aromatic nitrogens is 1. The molecule has 146 valence electrons. The van der Waals surface area contributed by atoms with Gasteiger partial charge in [0.2, 0.25) is 0 Å². The van der Waals surface area contributed by atoms with Gasteiger partial charge < -0.3 is 20.7 Å². The van der Waals surface area contributed by atoms with Crippen LogP contribution in [0.1, 0.15) is 43.6 Å². The number of benzene rings is 3. The van der Waals surface area contributed by atoms with E-state index in [0.29, 0.717) is 33.2 Å². The third-order valence-corrected chi connectivity index (χ3v) is 5.39. The molecular weight excluding hydrogens is 380 g/mol. The maximum atomic E-state index is 13.0. The van der Waals surface area contributed by atoms with E-state index in [2.05, 4.69) is 21.7 Å². The summed E-state index contributed by atoms with van der Waals surface area (Å²) in [4.78, 5) is 28.7. The summed E-state index contributed by atoms with van der Waals surface area (Å²) in [6.07, 6.45) is -1.12. The lowest BCUT2D eigenvalue weighted by Crippen LogP contribution is -2.23. The molecule has 2 amide bonds. The monoisotopic (exact) mass is 396 g/mol. The first kappa shape index (κ1) is 17.9. The number of carbonyl (C=O) groups is 2. The van der Waals surface area contributed by atoms with Gasteiger partial charge in [-0.15, -0.1) is 0 Å². The van der Waals surface area contributed by atoms with E-state index >= 15 is 0 Å². The number of amides is 2. The highest BCUT2D eigenvalue weighted by Gasteiger charge is 2.32. The zero-order valence-corrected chi connectivity index (χ0v) is 15.7.